The van der Waals surface area contributed by atoms with Crippen molar-refractivity contribution in [1.82, 2.24) is 5.32 Å². The van der Waals surface area contributed by atoms with E-state index in [9.17, 15) is 9.18 Å². The number of ether oxygens (including phenoxy) is 2. The van der Waals surface area contributed by atoms with Crippen molar-refractivity contribution in [2.75, 3.05) is 13.7 Å². The van der Waals surface area contributed by atoms with Crippen LogP contribution in [0, 0.1) is 11.7 Å². The summed E-state index contributed by atoms with van der Waals surface area (Å²) < 4.78 is 24.6. The third-order valence-electron chi connectivity index (χ3n) is 4.40. The Bertz CT molecular complexity index is 552. The Morgan fingerprint density at radius 1 is 1.52 bits per heavy atom. The normalized spacial score (nSPS) is 31.0. The molecule has 0 bridgehead atoms. The van der Waals surface area contributed by atoms with Crippen LogP contribution in [0.2, 0.25) is 0 Å². The van der Waals surface area contributed by atoms with E-state index in [0.29, 0.717) is 6.61 Å². The number of amides is 1. The highest BCUT2D eigenvalue weighted by atomic mass is 19.1. The molecule has 1 aromatic carbocycles. The second kappa shape index (κ2) is 5.61. The van der Waals surface area contributed by atoms with Gasteiger partial charge in [-0.15, -0.1) is 0 Å². The van der Waals surface area contributed by atoms with Gasteiger partial charge in [0, 0.05) is 18.6 Å². The number of carbonyl (C=O) groups excluding carboxylic acids is 1. The third kappa shape index (κ3) is 2.38. The molecule has 5 nitrogen and oxygen atoms in total. The zero-order valence-corrected chi connectivity index (χ0v) is 11.8. The molecule has 1 aromatic rings. The highest BCUT2D eigenvalue weighted by Gasteiger charge is 2.51. The lowest BCUT2D eigenvalue weighted by Gasteiger charge is -2.52. The molecule has 1 aliphatic carbocycles. The van der Waals surface area contributed by atoms with Crippen LogP contribution in [0.25, 0.3) is 0 Å². The van der Waals surface area contributed by atoms with Crippen molar-refractivity contribution in [3.8, 4) is 5.75 Å². The number of nitrogens with two attached hydrogens (primary N) is 1. The SMILES string of the molecule is COc1cccc(F)c1C(=O)NC1C(N)C2CCCOC21. The Hall–Kier alpha value is -1.66. The average molecular weight is 294 g/mol. The smallest absolute Gasteiger partial charge is 0.258 e. The maximum atomic E-state index is 13.9. The monoisotopic (exact) mass is 294 g/mol. The summed E-state index contributed by atoms with van der Waals surface area (Å²) in [7, 11) is 1.40. The lowest BCUT2D eigenvalue weighted by Crippen LogP contribution is -2.72. The first-order valence-electron chi connectivity index (χ1n) is 7.14. The summed E-state index contributed by atoms with van der Waals surface area (Å²) in [5, 5.41) is 2.79. The van der Waals surface area contributed by atoms with E-state index in [2.05, 4.69) is 5.32 Å². The van der Waals surface area contributed by atoms with Crippen molar-refractivity contribution < 1.29 is 18.7 Å². The number of nitrogens with one attached hydrogen (secondary N) is 1. The second-order valence-corrected chi connectivity index (χ2v) is 5.54. The van der Waals surface area contributed by atoms with Crippen LogP contribution < -0.4 is 15.8 Å². The van der Waals surface area contributed by atoms with Gasteiger partial charge in [0.2, 0.25) is 0 Å². The van der Waals surface area contributed by atoms with Crippen molar-refractivity contribution in [2.45, 2.75) is 31.0 Å². The molecule has 1 amide bonds. The standard InChI is InChI=1S/C15H19FN2O3/c1-20-10-6-2-5-9(16)11(10)15(19)18-13-12(17)8-4-3-7-21-14(8)13/h2,5-6,8,12-14H,3-4,7,17H2,1H3,(H,18,19). The van der Waals surface area contributed by atoms with E-state index in [-0.39, 0.29) is 35.4 Å². The van der Waals surface area contributed by atoms with E-state index in [1.807, 2.05) is 0 Å². The number of fused-ring (bicyclic) bond motifs is 1. The van der Waals surface area contributed by atoms with Gasteiger partial charge in [-0.3, -0.25) is 4.79 Å². The molecule has 0 aromatic heterocycles. The fourth-order valence-corrected chi connectivity index (χ4v) is 3.24. The lowest BCUT2D eigenvalue weighted by atomic mass is 9.68. The first kappa shape index (κ1) is 14.3. The number of halogens is 1. The Morgan fingerprint density at radius 2 is 2.33 bits per heavy atom. The summed E-state index contributed by atoms with van der Waals surface area (Å²) in [6.07, 6.45) is 1.95. The predicted octanol–water partition coefficient (Wildman–Crippen LogP) is 1.07. The summed E-state index contributed by atoms with van der Waals surface area (Å²) in [5.74, 6) is -0.632. The quantitative estimate of drug-likeness (QED) is 0.874. The van der Waals surface area contributed by atoms with E-state index in [0.717, 1.165) is 12.8 Å². The van der Waals surface area contributed by atoms with E-state index in [1.165, 1.54) is 19.2 Å². The summed E-state index contributed by atoms with van der Waals surface area (Å²) in [6, 6.07) is 3.88. The first-order valence-corrected chi connectivity index (χ1v) is 7.14. The van der Waals surface area contributed by atoms with Crippen molar-refractivity contribution in [1.29, 1.82) is 0 Å². The van der Waals surface area contributed by atoms with Gasteiger partial charge in [-0.2, -0.15) is 0 Å². The molecular weight excluding hydrogens is 275 g/mol. The van der Waals surface area contributed by atoms with E-state index in [1.54, 1.807) is 6.07 Å². The maximum absolute atomic E-state index is 13.9. The van der Waals surface area contributed by atoms with Crippen molar-refractivity contribution in [3.63, 3.8) is 0 Å². The summed E-state index contributed by atoms with van der Waals surface area (Å²) >= 11 is 0. The minimum atomic E-state index is -0.610. The zero-order chi connectivity index (χ0) is 15.0. The largest absolute Gasteiger partial charge is 0.496 e. The fraction of sp³-hybridized carbons (Fsp3) is 0.533. The lowest BCUT2D eigenvalue weighted by molar-refractivity contribution is -0.117. The van der Waals surface area contributed by atoms with Crippen LogP contribution >= 0.6 is 0 Å². The average Bonchev–Trinajstić information content (AvgIpc) is 2.51. The second-order valence-electron chi connectivity index (χ2n) is 5.54. The van der Waals surface area contributed by atoms with Gasteiger partial charge in [0.25, 0.3) is 5.91 Å². The van der Waals surface area contributed by atoms with E-state index in [4.69, 9.17) is 15.2 Å². The molecule has 4 atom stereocenters. The van der Waals surface area contributed by atoms with Crippen LogP contribution in [0.1, 0.15) is 23.2 Å². The summed E-state index contributed by atoms with van der Waals surface area (Å²) in [4.78, 5) is 12.3. The third-order valence-corrected chi connectivity index (χ3v) is 4.40. The number of carbonyl (C=O) groups is 1. The molecule has 4 unspecified atom stereocenters. The maximum Gasteiger partial charge on any atom is 0.258 e. The van der Waals surface area contributed by atoms with Gasteiger partial charge in [0.05, 0.1) is 19.3 Å². The minimum absolute atomic E-state index is 0.0598. The Balaban J connectivity index is 1.75. The molecule has 6 heteroatoms. The molecule has 2 fully saturated rings. The minimum Gasteiger partial charge on any atom is -0.496 e. The summed E-state index contributed by atoms with van der Waals surface area (Å²) in [5.41, 5.74) is 6.00. The topological polar surface area (TPSA) is 73.6 Å². The highest BCUT2D eigenvalue weighted by Crippen LogP contribution is 2.37. The summed E-state index contributed by atoms with van der Waals surface area (Å²) in [6.45, 7) is 0.684. The number of methoxy groups -OCH3 is 1. The number of benzene rings is 1. The van der Waals surface area contributed by atoms with Crippen LogP contribution in [0.5, 0.6) is 5.75 Å². The Morgan fingerprint density at radius 3 is 3.10 bits per heavy atom. The molecule has 0 spiro atoms. The van der Waals surface area contributed by atoms with Crippen LogP contribution in [-0.4, -0.2) is 37.8 Å². The van der Waals surface area contributed by atoms with Gasteiger partial charge in [0.15, 0.2) is 0 Å². The molecule has 1 saturated heterocycles. The molecule has 3 N–H and O–H groups in total. The van der Waals surface area contributed by atoms with Gasteiger partial charge < -0.3 is 20.5 Å². The van der Waals surface area contributed by atoms with Gasteiger partial charge in [-0.05, 0) is 25.0 Å². The molecule has 0 radical (unpaired) electrons. The van der Waals surface area contributed by atoms with Crippen LogP contribution in [-0.2, 0) is 4.74 Å². The van der Waals surface area contributed by atoms with Crippen LogP contribution in [0.15, 0.2) is 18.2 Å². The fourth-order valence-electron chi connectivity index (χ4n) is 3.24. The Kier molecular flexibility index (Phi) is 3.82. The molecule has 2 aliphatic rings. The molecule has 1 aliphatic heterocycles. The van der Waals surface area contributed by atoms with Crippen LogP contribution in [0.4, 0.5) is 4.39 Å². The zero-order valence-electron chi connectivity index (χ0n) is 11.8. The number of hydrogen-bond acceptors (Lipinski definition) is 4. The number of rotatable bonds is 3. The van der Waals surface area contributed by atoms with Gasteiger partial charge in [0.1, 0.15) is 17.1 Å². The van der Waals surface area contributed by atoms with Crippen LogP contribution in [0.3, 0.4) is 0 Å². The van der Waals surface area contributed by atoms with E-state index >= 15 is 0 Å². The first-order chi connectivity index (χ1) is 10.1. The van der Waals surface area contributed by atoms with E-state index < -0.39 is 11.7 Å². The van der Waals surface area contributed by atoms with Crippen molar-refractivity contribution in [3.05, 3.63) is 29.6 Å². The predicted molar refractivity (Wildman–Crippen MR) is 74.6 cm³/mol. The molecule has 114 valence electrons. The molecule has 1 heterocycles. The highest BCUT2D eigenvalue weighted by molar-refractivity contribution is 5.97. The van der Waals surface area contributed by atoms with Gasteiger partial charge in [-0.25, -0.2) is 4.39 Å². The molecule has 1 saturated carbocycles. The Labute approximate surface area is 122 Å². The number of hydrogen-bond donors (Lipinski definition) is 2. The molecule has 3 rings (SSSR count). The molecular formula is C15H19FN2O3. The van der Waals surface area contributed by atoms with Crippen molar-refractivity contribution in [2.24, 2.45) is 11.7 Å². The van der Waals surface area contributed by atoms with Crippen molar-refractivity contribution >= 4 is 5.91 Å². The molecule has 21 heavy (non-hydrogen) atoms. The van der Waals surface area contributed by atoms with Gasteiger partial charge >= 0.3 is 0 Å². The van der Waals surface area contributed by atoms with Gasteiger partial charge in [-0.1, -0.05) is 6.07 Å².